The highest BCUT2D eigenvalue weighted by molar-refractivity contribution is 5.71. The van der Waals surface area contributed by atoms with Crippen molar-refractivity contribution in [1.29, 1.82) is 0 Å². The van der Waals surface area contributed by atoms with E-state index in [0.29, 0.717) is 5.75 Å². The third kappa shape index (κ3) is 3.62. The van der Waals surface area contributed by atoms with E-state index in [1.165, 1.54) is 24.0 Å². The van der Waals surface area contributed by atoms with Gasteiger partial charge in [-0.25, -0.2) is 0 Å². The van der Waals surface area contributed by atoms with Gasteiger partial charge in [-0.1, -0.05) is 39.0 Å². The van der Waals surface area contributed by atoms with E-state index in [4.69, 9.17) is 0 Å². The van der Waals surface area contributed by atoms with E-state index in [2.05, 4.69) is 25.1 Å². The quantitative estimate of drug-likeness (QED) is 0.766. The molecular formula is C16H24O. The Morgan fingerprint density at radius 3 is 2.47 bits per heavy atom. The van der Waals surface area contributed by atoms with E-state index in [-0.39, 0.29) is 0 Å². The molecule has 0 aliphatic heterocycles. The lowest BCUT2D eigenvalue weighted by atomic mass is 9.92. The molecule has 0 saturated carbocycles. The fraction of sp³-hybridized carbons (Fsp3) is 0.500. The Hall–Kier alpha value is -1.24. The Balaban J connectivity index is 0.000000686. The first kappa shape index (κ1) is 13.8. The highest BCUT2D eigenvalue weighted by atomic mass is 16.3. The van der Waals surface area contributed by atoms with Gasteiger partial charge in [-0.05, 0) is 49.3 Å². The summed E-state index contributed by atoms with van der Waals surface area (Å²) in [5.41, 5.74) is 3.56. The SMILES string of the molecule is CC.CCc1ccc(C2=CCCCC2)c(O)c1. The zero-order valence-electron chi connectivity index (χ0n) is 11.3. The van der Waals surface area contributed by atoms with Gasteiger partial charge in [-0.15, -0.1) is 0 Å². The number of hydrogen-bond donors (Lipinski definition) is 1. The molecule has 1 aliphatic rings. The van der Waals surface area contributed by atoms with Gasteiger partial charge in [0.25, 0.3) is 0 Å². The smallest absolute Gasteiger partial charge is 0.123 e. The number of benzene rings is 1. The maximum absolute atomic E-state index is 9.93. The molecule has 0 atom stereocenters. The van der Waals surface area contributed by atoms with Crippen LogP contribution in [0.25, 0.3) is 5.57 Å². The predicted octanol–water partition coefficient (Wildman–Crippen LogP) is 4.94. The van der Waals surface area contributed by atoms with E-state index in [1.807, 2.05) is 19.9 Å². The van der Waals surface area contributed by atoms with Crippen LogP contribution in [-0.2, 0) is 6.42 Å². The zero-order chi connectivity index (χ0) is 12.7. The van der Waals surface area contributed by atoms with Gasteiger partial charge in [-0.3, -0.25) is 0 Å². The molecule has 0 radical (unpaired) electrons. The van der Waals surface area contributed by atoms with Crippen LogP contribution in [0.15, 0.2) is 24.3 Å². The largest absolute Gasteiger partial charge is 0.507 e. The van der Waals surface area contributed by atoms with Crippen LogP contribution in [0.4, 0.5) is 0 Å². The second kappa shape index (κ2) is 7.16. The molecule has 1 N–H and O–H groups in total. The average molecular weight is 232 g/mol. The number of aromatic hydroxyl groups is 1. The lowest BCUT2D eigenvalue weighted by Crippen LogP contribution is -1.93. The van der Waals surface area contributed by atoms with Crippen molar-refractivity contribution in [3.63, 3.8) is 0 Å². The summed E-state index contributed by atoms with van der Waals surface area (Å²) in [7, 11) is 0. The monoisotopic (exact) mass is 232 g/mol. The highest BCUT2D eigenvalue weighted by Gasteiger charge is 2.10. The molecule has 0 heterocycles. The highest BCUT2D eigenvalue weighted by Crippen LogP contribution is 2.32. The van der Waals surface area contributed by atoms with Crippen molar-refractivity contribution in [3.8, 4) is 5.75 Å². The Labute approximate surface area is 105 Å². The Bertz CT molecular complexity index is 377. The van der Waals surface area contributed by atoms with E-state index in [0.717, 1.165) is 24.8 Å². The van der Waals surface area contributed by atoms with Crippen molar-refractivity contribution in [2.24, 2.45) is 0 Å². The number of phenols is 1. The number of aryl methyl sites for hydroxylation is 1. The molecule has 1 aromatic carbocycles. The Kier molecular flexibility index (Phi) is 5.82. The Morgan fingerprint density at radius 1 is 1.18 bits per heavy atom. The maximum Gasteiger partial charge on any atom is 0.123 e. The second-order valence-electron chi connectivity index (χ2n) is 4.18. The molecule has 0 aromatic heterocycles. The van der Waals surface area contributed by atoms with Crippen LogP contribution in [0.2, 0.25) is 0 Å². The number of rotatable bonds is 2. The first-order chi connectivity index (χ1) is 8.31. The van der Waals surface area contributed by atoms with Gasteiger partial charge >= 0.3 is 0 Å². The van der Waals surface area contributed by atoms with Crippen molar-refractivity contribution in [2.45, 2.75) is 52.9 Å². The maximum atomic E-state index is 9.93. The van der Waals surface area contributed by atoms with Crippen molar-refractivity contribution in [3.05, 3.63) is 35.4 Å². The summed E-state index contributed by atoms with van der Waals surface area (Å²) in [5, 5.41) is 9.93. The summed E-state index contributed by atoms with van der Waals surface area (Å²) in [6.45, 7) is 6.11. The van der Waals surface area contributed by atoms with E-state index >= 15 is 0 Å². The molecule has 2 rings (SSSR count). The van der Waals surface area contributed by atoms with E-state index in [1.54, 1.807) is 0 Å². The van der Waals surface area contributed by atoms with Crippen molar-refractivity contribution in [2.75, 3.05) is 0 Å². The minimum absolute atomic E-state index is 0.447. The fourth-order valence-electron chi connectivity index (χ4n) is 2.15. The van der Waals surface area contributed by atoms with Crippen LogP contribution in [0.5, 0.6) is 5.75 Å². The summed E-state index contributed by atoms with van der Waals surface area (Å²) in [4.78, 5) is 0. The fourth-order valence-corrected chi connectivity index (χ4v) is 2.15. The molecule has 0 spiro atoms. The molecule has 0 saturated heterocycles. The molecule has 1 aliphatic carbocycles. The normalized spacial score (nSPS) is 14.6. The minimum Gasteiger partial charge on any atom is -0.507 e. The van der Waals surface area contributed by atoms with Crippen LogP contribution in [0.1, 0.15) is 57.6 Å². The standard InChI is InChI=1S/C14H18O.C2H6/c1-2-11-8-9-13(14(15)10-11)12-6-4-3-5-7-12;1-2/h6,8-10,15H,2-5,7H2,1H3;1-2H3. The predicted molar refractivity (Wildman–Crippen MR) is 75.3 cm³/mol. The molecule has 17 heavy (non-hydrogen) atoms. The van der Waals surface area contributed by atoms with Crippen LogP contribution in [0, 0.1) is 0 Å². The van der Waals surface area contributed by atoms with Crippen molar-refractivity contribution < 1.29 is 5.11 Å². The molecule has 0 bridgehead atoms. The van der Waals surface area contributed by atoms with E-state index < -0.39 is 0 Å². The van der Waals surface area contributed by atoms with Gasteiger partial charge in [0.1, 0.15) is 5.75 Å². The van der Waals surface area contributed by atoms with Crippen molar-refractivity contribution >= 4 is 5.57 Å². The third-order valence-corrected chi connectivity index (χ3v) is 3.11. The minimum atomic E-state index is 0.447. The average Bonchev–Trinajstić information content (AvgIpc) is 2.42. The molecule has 1 aromatic rings. The van der Waals surface area contributed by atoms with Gasteiger partial charge < -0.3 is 5.11 Å². The number of phenolic OH excluding ortho intramolecular Hbond substituents is 1. The third-order valence-electron chi connectivity index (χ3n) is 3.11. The van der Waals surface area contributed by atoms with Crippen LogP contribution in [-0.4, -0.2) is 5.11 Å². The molecule has 1 nitrogen and oxygen atoms in total. The van der Waals surface area contributed by atoms with Gasteiger partial charge in [0.05, 0.1) is 0 Å². The molecule has 0 unspecified atom stereocenters. The Morgan fingerprint density at radius 2 is 1.94 bits per heavy atom. The first-order valence-corrected chi connectivity index (χ1v) is 6.82. The zero-order valence-corrected chi connectivity index (χ0v) is 11.3. The van der Waals surface area contributed by atoms with E-state index in [9.17, 15) is 5.11 Å². The summed E-state index contributed by atoms with van der Waals surface area (Å²) in [6.07, 6.45) is 8.05. The first-order valence-electron chi connectivity index (χ1n) is 6.82. The van der Waals surface area contributed by atoms with Crippen molar-refractivity contribution in [1.82, 2.24) is 0 Å². The second-order valence-corrected chi connectivity index (χ2v) is 4.18. The summed E-state index contributed by atoms with van der Waals surface area (Å²) in [6, 6.07) is 6.07. The van der Waals surface area contributed by atoms with Gasteiger partial charge in [-0.2, -0.15) is 0 Å². The molecular weight excluding hydrogens is 208 g/mol. The summed E-state index contributed by atoms with van der Waals surface area (Å²) < 4.78 is 0. The molecule has 94 valence electrons. The molecule has 0 fully saturated rings. The van der Waals surface area contributed by atoms with Gasteiger partial charge in [0.2, 0.25) is 0 Å². The van der Waals surface area contributed by atoms with Crippen LogP contribution >= 0.6 is 0 Å². The lowest BCUT2D eigenvalue weighted by molar-refractivity contribution is 0.472. The molecule has 0 amide bonds. The summed E-state index contributed by atoms with van der Waals surface area (Å²) >= 11 is 0. The van der Waals surface area contributed by atoms with Gasteiger partial charge in [0.15, 0.2) is 0 Å². The van der Waals surface area contributed by atoms with Crippen LogP contribution < -0.4 is 0 Å². The number of hydrogen-bond acceptors (Lipinski definition) is 1. The lowest BCUT2D eigenvalue weighted by Gasteiger charge is -2.14. The van der Waals surface area contributed by atoms with Crippen LogP contribution in [0.3, 0.4) is 0 Å². The van der Waals surface area contributed by atoms with Gasteiger partial charge in [0, 0.05) is 5.56 Å². The topological polar surface area (TPSA) is 20.2 Å². The number of allylic oxidation sites excluding steroid dienone is 2. The summed E-state index contributed by atoms with van der Waals surface area (Å²) in [5.74, 6) is 0.447. The molecule has 1 heteroatoms.